The topological polar surface area (TPSA) is 65.0 Å². The molecule has 0 aromatic rings. The van der Waals surface area contributed by atoms with Gasteiger partial charge in [0.1, 0.15) is 18.0 Å². The van der Waals surface area contributed by atoms with Crippen LogP contribution in [0.3, 0.4) is 0 Å². The monoisotopic (exact) mass is 374 g/mol. The predicted molar refractivity (Wildman–Crippen MR) is 102 cm³/mol. The molecule has 0 spiro atoms. The van der Waals surface area contributed by atoms with E-state index in [1.54, 1.807) is 0 Å². The van der Waals surface area contributed by atoms with Gasteiger partial charge in [-0.3, -0.25) is 4.79 Å². The molecule has 3 atom stereocenters. The molecule has 1 heterocycles. The number of ketones is 1. The van der Waals surface area contributed by atoms with Gasteiger partial charge in [-0.15, -0.1) is 0 Å². The maximum Gasteiger partial charge on any atom is 0.192 e. The molecular formula is C19H38O5Si. The third-order valence-corrected chi connectivity index (χ3v) is 9.75. The summed E-state index contributed by atoms with van der Waals surface area (Å²) in [5.41, 5.74) is -0.483. The average molecular weight is 375 g/mol. The molecule has 5 nitrogen and oxygen atoms in total. The maximum atomic E-state index is 12.3. The lowest BCUT2D eigenvalue weighted by atomic mass is 9.86. The van der Waals surface area contributed by atoms with Crippen molar-refractivity contribution >= 4 is 14.1 Å². The van der Waals surface area contributed by atoms with Crippen molar-refractivity contribution in [2.24, 2.45) is 5.41 Å². The molecule has 0 amide bonds. The third-order valence-electron chi connectivity index (χ3n) is 5.25. The zero-order valence-electron chi connectivity index (χ0n) is 17.7. The summed E-state index contributed by atoms with van der Waals surface area (Å²) >= 11 is 0. The van der Waals surface area contributed by atoms with Crippen LogP contribution in [0.1, 0.15) is 61.8 Å². The Morgan fingerprint density at radius 1 is 1.16 bits per heavy atom. The highest BCUT2D eigenvalue weighted by atomic mass is 28.4. The van der Waals surface area contributed by atoms with Crippen molar-refractivity contribution in [3.63, 3.8) is 0 Å². The Morgan fingerprint density at radius 3 is 2.12 bits per heavy atom. The van der Waals surface area contributed by atoms with Crippen molar-refractivity contribution in [2.75, 3.05) is 6.61 Å². The number of carbonyl (C=O) groups excluding carboxylic acids is 1. The van der Waals surface area contributed by atoms with Crippen LogP contribution in [0.5, 0.6) is 0 Å². The van der Waals surface area contributed by atoms with Crippen molar-refractivity contribution in [1.29, 1.82) is 0 Å². The van der Waals surface area contributed by atoms with E-state index in [0.717, 1.165) is 0 Å². The Labute approximate surface area is 154 Å². The summed E-state index contributed by atoms with van der Waals surface area (Å²) in [6, 6.07) is 0. The number of ether oxygens (including phenoxy) is 2. The van der Waals surface area contributed by atoms with E-state index in [2.05, 4.69) is 33.9 Å². The molecule has 148 valence electrons. The molecule has 0 unspecified atom stereocenters. The zero-order chi connectivity index (χ0) is 19.8. The molecule has 1 saturated heterocycles. The van der Waals surface area contributed by atoms with Crippen molar-refractivity contribution in [3.05, 3.63) is 0 Å². The summed E-state index contributed by atoms with van der Waals surface area (Å²) in [7, 11) is -1.93. The second-order valence-corrected chi connectivity index (χ2v) is 15.0. The van der Waals surface area contributed by atoms with Crippen LogP contribution in [0.2, 0.25) is 18.1 Å². The van der Waals surface area contributed by atoms with Crippen LogP contribution in [-0.2, 0) is 18.7 Å². The molecule has 0 bridgehead atoms. The fraction of sp³-hybridized carbons (Fsp3) is 0.947. The number of aliphatic hydroxyl groups excluding tert-OH is 1. The first-order chi connectivity index (χ1) is 11.0. The number of Topliss-reactive ketones (excluding diaryl/α,β-unsaturated/α-hetero) is 1. The highest BCUT2D eigenvalue weighted by Crippen LogP contribution is 2.38. The van der Waals surface area contributed by atoms with Gasteiger partial charge in [0.25, 0.3) is 0 Å². The molecule has 6 heteroatoms. The molecule has 0 radical (unpaired) electrons. The van der Waals surface area contributed by atoms with Gasteiger partial charge >= 0.3 is 0 Å². The number of hydrogen-bond donors (Lipinski definition) is 1. The number of carbonyl (C=O) groups is 1. The van der Waals surface area contributed by atoms with Crippen molar-refractivity contribution in [3.8, 4) is 0 Å². The molecule has 1 aliphatic heterocycles. The molecule has 1 fully saturated rings. The minimum atomic E-state index is -1.93. The molecule has 1 aliphatic rings. The predicted octanol–water partition coefficient (Wildman–Crippen LogP) is 3.89. The SMILES string of the molecule is CC1(C)O[C@@H]([C@@H](O)CC(=O)C(C)(C)C)[C@H](CO[Si](C)(C)C(C)(C)C)O1. The Bertz CT molecular complexity index is 473. The summed E-state index contributed by atoms with van der Waals surface area (Å²) in [4.78, 5) is 12.3. The van der Waals surface area contributed by atoms with E-state index in [9.17, 15) is 9.90 Å². The standard InChI is InChI=1S/C19H38O5Si/c1-17(2,3)15(21)11-13(20)16-14(23-19(7,8)24-16)12-22-25(9,10)18(4,5)6/h13-14,16,20H,11-12H2,1-10H3/t13-,14-,16-/m0/s1. The lowest BCUT2D eigenvalue weighted by Crippen LogP contribution is -2.46. The molecule has 25 heavy (non-hydrogen) atoms. The largest absolute Gasteiger partial charge is 0.414 e. The van der Waals surface area contributed by atoms with Gasteiger partial charge < -0.3 is 19.0 Å². The summed E-state index contributed by atoms with van der Waals surface area (Å²) in [5, 5.41) is 10.7. The quantitative estimate of drug-likeness (QED) is 0.715. The Hall–Kier alpha value is -0.273. The fourth-order valence-corrected chi connectivity index (χ4v) is 3.45. The fourth-order valence-electron chi connectivity index (χ4n) is 2.44. The van der Waals surface area contributed by atoms with Crippen molar-refractivity contribution < 1.29 is 23.8 Å². The lowest BCUT2D eigenvalue weighted by Gasteiger charge is -2.37. The Kier molecular flexibility index (Phi) is 6.73. The van der Waals surface area contributed by atoms with E-state index in [0.29, 0.717) is 6.61 Å². The summed E-state index contributed by atoms with van der Waals surface area (Å²) < 4.78 is 18.1. The van der Waals surface area contributed by atoms with Crippen LogP contribution >= 0.6 is 0 Å². The van der Waals surface area contributed by atoms with Crippen molar-refractivity contribution in [1.82, 2.24) is 0 Å². The minimum absolute atomic E-state index is 0.0115. The van der Waals surface area contributed by atoms with Gasteiger partial charge in [0, 0.05) is 11.8 Å². The third kappa shape index (κ3) is 6.14. The maximum absolute atomic E-state index is 12.3. The molecule has 0 aromatic heterocycles. The second-order valence-electron chi connectivity index (χ2n) is 10.2. The van der Waals surface area contributed by atoms with Gasteiger partial charge in [0.15, 0.2) is 14.1 Å². The first kappa shape index (κ1) is 22.8. The first-order valence-corrected chi connectivity index (χ1v) is 12.1. The Morgan fingerprint density at radius 2 is 1.68 bits per heavy atom. The second kappa shape index (κ2) is 7.39. The zero-order valence-corrected chi connectivity index (χ0v) is 18.7. The van der Waals surface area contributed by atoms with Crippen LogP contribution in [0.15, 0.2) is 0 Å². The number of rotatable bonds is 6. The lowest BCUT2D eigenvalue weighted by molar-refractivity contribution is -0.158. The van der Waals surface area contributed by atoms with Gasteiger partial charge in [0.2, 0.25) is 0 Å². The van der Waals surface area contributed by atoms with Crippen LogP contribution in [0.25, 0.3) is 0 Å². The smallest absolute Gasteiger partial charge is 0.192 e. The molecule has 0 saturated carbocycles. The van der Waals surface area contributed by atoms with Gasteiger partial charge in [-0.05, 0) is 32.0 Å². The molecule has 0 aromatic carbocycles. The summed E-state index contributed by atoms with van der Waals surface area (Å²) in [6.45, 7) is 20.5. The highest BCUT2D eigenvalue weighted by Gasteiger charge is 2.47. The molecular weight excluding hydrogens is 336 g/mol. The van der Waals surface area contributed by atoms with E-state index >= 15 is 0 Å². The Balaban J connectivity index is 2.81. The van der Waals surface area contributed by atoms with Crippen molar-refractivity contribution in [2.45, 2.75) is 104 Å². The van der Waals surface area contributed by atoms with Gasteiger partial charge in [-0.25, -0.2) is 0 Å². The normalized spacial score (nSPS) is 25.9. The van der Waals surface area contributed by atoms with Crippen LogP contribution < -0.4 is 0 Å². The van der Waals surface area contributed by atoms with E-state index in [1.165, 1.54) is 0 Å². The van der Waals surface area contributed by atoms with Gasteiger partial charge in [-0.2, -0.15) is 0 Å². The van der Waals surface area contributed by atoms with E-state index in [1.807, 2.05) is 34.6 Å². The molecule has 1 rings (SSSR count). The van der Waals surface area contributed by atoms with E-state index in [4.69, 9.17) is 13.9 Å². The summed E-state index contributed by atoms with van der Waals surface area (Å²) in [5.74, 6) is -0.782. The summed E-state index contributed by atoms with van der Waals surface area (Å²) in [6.07, 6.45) is -1.79. The highest BCUT2D eigenvalue weighted by molar-refractivity contribution is 6.74. The van der Waals surface area contributed by atoms with Crippen LogP contribution in [0, 0.1) is 5.41 Å². The first-order valence-electron chi connectivity index (χ1n) is 9.17. The molecule has 1 N–H and O–H groups in total. The van der Waals surface area contributed by atoms with Crippen LogP contribution in [-0.4, -0.2) is 49.9 Å². The van der Waals surface area contributed by atoms with Crippen LogP contribution in [0.4, 0.5) is 0 Å². The molecule has 0 aliphatic carbocycles. The number of hydrogen-bond acceptors (Lipinski definition) is 5. The minimum Gasteiger partial charge on any atom is -0.414 e. The average Bonchev–Trinajstić information content (AvgIpc) is 2.69. The van der Waals surface area contributed by atoms with E-state index < -0.39 is 31.7 Å². The van der Waals surface area contributed by atoms with E-state index in [-0.39, 0.29) is 23.3 Å². The van der Waals surface area contributed by atoms with Gasteiger partial charge in [-0.1, -0.05) is 41.5 Å². The van der Waals surface area contributed by atoms with Gasteiger partial charge in [0.05, 0.1) is 12.7 Å². The number of aliphatic hydroxyl groups is 1.